The Kier molecular flexibility index (Phi) is 6.53. The molecule has 2 nitrogen and oxygen atoms in total. The molecule has 3 rings (SSSR count). The van der Waals surface area contributed by atoms with E-state index in [1.54, 1.807) is 37.4 Å². The van der Waals surface area contributed by atoms with Gasteiger partial charge in [-0.2, -0.15) is 13.2 Å². The van der Waals surface area contributed by atoms with Crippen molar-refractivity contribution in [3.8, 4) is 0 Å². The van der Waals surface area contributed by atoms with Gasteiger partial charge in [0.15, 0.2) is 12.4 Å². The summed E-state index contributed by atoms with van der Waals surface area (Å²) < 4.78 is 39.5. The normalized spacial score (nSPS) is 18.1. The van der Waals surface area contributed by atoms with Gasteiger partial charge in [-0.05, 0) is 12.1 Å². The first-order valence-electron chi connectivity index (χ1n) is 7.63. The molecule has 0 amide bonds. The van der Waals surface area contributed by atoms with Gasteiger partial charge < -0.3 is 24.0 Å². The van der Waals surface area contributed by atoms with Crippen molar-refractivity contribution in [1.29, 1.82) is 0 Å². The summed E-state index contributed by atoms with van der Waals surface area (Å²) in [6, 6.07) is 13.7. The van der Waals surface area contributed by atoms with Gasteiger partial charge >= 0.3 is 10.6 Å². The van der Waals surface area contributed by atoms with E-state index in [1.807, 2.05) is 30.3 Å². The van der Waals surface area contributed by atoms with Crippen LogP contribution in [0.2, 0.25) is 0 Å². The smallest absolute Gasteiger partial charge is 0.392 e. The number of hydrogen-bond donors (Lipinski definition) is 1. The predicted octanol–water partition coefficient (Wildman–Crippen LogP) is 0.998. The lowest BCUT2D eigenvalue weighted by atomic mass is 10.0. The minimum atomic E-state index is -4.10. The second-order valence-corrected chi connectivity index (χ2v) is 7.10. The minimum absolute atomic E-state index is 0. The average Bonchev–Trinajstić information content (AvgIpc) is 2.93. The van der Waals surface area contributed by atoms with Gasteiger partial charge in [0.1, 0.15) is 5.70 Å². The highest BCUT2D eigenvalue weighted by Crippen LogP contribution is 2.47. The third-order valence-electron chi connectivity index (χ3n) is 4.12. The average molecular weight is 515 g/mol. The maximum Gasteiger partial charge on any atom is 0.392 e. The third kappa shape index (κ3) is 3.83. The summed E-state index contributed by atoms with van der Waals surface area (Å²) in [6.45, 7) is -0.174. The van der Waals surface area contributed by atoms with E-state index in [-0.39, 0.29) is 36.3 Å². The summed E-state index contributed by atoms with van der Waals surface area (Å²) in [5.74, 6) is 0. The topological polar surface area (TPSA) is 7.68 Å². The molecule has 2 aromatic rings. The van der Waals surface area contributed by atoms with E-state index < -0.39 is 10.6 Å². The van der Waals surface area contributed by atoms with Gasteiger partial charge in [-0.3, -0.25) is 9.80 Å². The lowest BCUT2D eigenvalue weighted by Crippen LogP contribution is -3.06. The van der Waals surface area contributed by atoms with Crippen LogP contribution >= 0.6 is 23.2 Å². The van der Waals surface area contributed by atoms with Crippen LogP contribution in [0.15, 0.2) is 60.7 Å². The highest BCUT2D eigenvalue weighted by atomic mass is 127. The fraction of sp³-hybridized carbons (Fsp3) is 0.222. The van der Waals surface area contributed by atoms with E-state index in [1.165, 1.54) is 0 Å². The molecule has 1 heterocycles. The molecule has 0 saturated heterocycles. The van der Waals surface area contributed by atoms with Crippen LogP contribution in [0.25, 0.3) is 11.4 Å². The molecule has 26 heavy (non-hydrogen) atoms. The lowest BCUT2D eigenvalue weighted by Gasteiger charge is -2.32. The van der Waals surface area contributed by atoms with Gasteiger partial charge in [-0.1, -0.05) is 71.7 Å². The minimum Gasteiger partial charge on any atom is -1.00 e. The molecule has 0 spiro atoms. The van der Waals surface area contributed by atoms with E-state index in [9.17, 15) is 13.2 Å². The fourth-order valence-corrected chi connectivity index (χ4v) is 3.21. The standard InChI is InChI=1S/C18H15Cl2F3N2.HI/c1-24-12-25(18(22,23)17(19,20)21)16(14-10-6-3-7-11-14)15(24)13-8-4-2-5-9-13;/h2-11H,12H2,1H3;1H. The molecule has 0 aromatic heterocycles. The molecule has 1 unspecified atom stereocenters. The van der Waals surface area contributed by atoms with Gasteiger partial charge in [0.25, 0.3) is 0 Å². The molecule has 0 radical (unpaired) electrons. The Morgan fingerprint density at radius 1 is 0.885 bits per heavy atom. The number of nitrogens with one attached hydrogen (secondary N) is 1. The highest BCUT2D eigenvalue weighted by Gasteiger charge is 2.61. The molecule has 0 aliphatic carbocycles. The van der Waals surface area contributed by atoms with Gasteiger partial charge in [-0.25, -0.2) is 0 Å². The zero-order chi connectivity index (χ0) is 18.2. The molecule has 8 heteroatoms. The van der Waals surface area contributed by atoms with E-state index >= 15 is 0 Å². The fourth-order valence-electron chi connectivity index (χ4n) is 3.01. The van der Waals surface area contributed by atoms with Crippen molar-refractivity contribution in [2.45, 2.75) is 10.6 Å². The van der Waals surface area contributed by atoms with Crippen LogP contribution < -0.4 is 28.9 Å². The highest BCUT2D eigenvalue weighted by molar-refractivity contribution is 6.47. The van der Waals surface area contributed by atoms with Crippen LogP contribution in [0.4, 0.5) is 13.2 Å². The van der Waals surface area contributed by atoms with Gasteiger partial charge in [0, 0.05) is 11.1 Å². The molecule has 1 N–H and O–H groups in total. The van der Waals surface area contributed by atoms with Gasteiger partial charge in [0.05, 0.1) is 7.05 Å². The van der Waals surface area contributed by atoms with Crippen molar-refractivity contribution in [3.63, 3.8) is 0 Å². The largest absolute Gasteiger partial charge is 1.00 e. The first-order chi connectivity index (χ1) is 11.7. The Bertz CT molecular complexity index is 780. The second-order valence-electron chi connectivity index (χ2n) is 5.86. The van der Waals surface area contributed by atoms with Crippen LogP contribution in [0, 0.1) is 0 Å². The molecule has 140 valence electrons. The Morgan fingerprint density at radius 2 is 1.35 bits per heavy atom. The number of hydrogen-bond acceptors (Lipinski definition) is 1. The summed E-state index contributed by atoms with van der Waals surface area (Å²) in [4.78, 5) is 1.32. The quantitative estimate of drug-likeness (QED) is 0.363. The van der Waals surface area contributed by atoms with E-state index in [0.717, 1.165) is 5.56 Å². The summed E-state index contributed by atoms with van der Waals surface area (Å²) in [6.07, 6.45) is 0. The maximum atomic E-state index is 14.7. The predicted molar refractivity (Wildman–Crippen MR) is 93.8 cm³/mol. The number of quaternary nitrogens is 1. The molecule has 1 aliphatic rings. The molecule has 2 aromatic carbocycles. The molecule has 1 atom stereocenters. The van der Waals surface area contributed by atoms with Crippen molar-refractivity contribution < 1.29 is 42.0 Å². The summed E-state index contributed by atoms with van der Waals surface area (Å²) in [5.41, 5.74) is 2.14. The molecule has 0 bridgehead atoms. The first kappa shape index (κ1) is 21.3. The Balaban J connectivity index is 0.00000243. The molecule has 0 fully saturated rings. The molecule has 1 aliphatic heterocycles. The summed E-state index contributed by atoms with van der Waals surface area (Å²) >= 11 is 10.3. The third-order valence-corrected chi connectivity index (χ3v) is 4.57. The summed E-state index contributed by atoms with van der Waals surface area (Å²) in [5, 5.41) is 0. The summed E-state index contributed by atoms with van der Waals surface area (Å²) in [7, 11) is 1.74. The van der Waals surface area contributed by atoms with Crippen molar-refractivity contribution in [2.75, 3.05) is 13.7 Å². The number of halogens is 6. The molecular weight excluding hydrogens is 499 g/mol. The van der Waals surface area contributed by atoms with Crippen LogP contribution in [0.5, 0.6) is 0 Å². The van der Waals surface area contributed by atoms with Crippen LogP contribution in [-0.4, -0.2) is 29.2 Å². The van der Waals surface area contributed by atoms with Crippen LogP contribution in [0.1, 0.15) is 11.1 Å². The van der Waals surface area contributed by atoms with Crippen molar-refractivity contribution in [1.82, 2.24) is 4.90 Å². The Hall–Kier alpha value is -0.960. The Morgan fingerprint density at radius 3 is 1.81 bits per heavy atom. The van der Waals surface area contributed by atoms with Gasteiger partial charge in [-0.15, -0.1) is 0 Å². The number of nitrogens with zero attached hydrogens (tertiary/aromatic N) is 1. The monoisotopic (exact) mass is 514 g/mol. The number of rotatable bonds is 4. The van der Waals surface area contributed by atoms with Crippen molar-refractivity contribution >= 4 is 34.6 Å². The van der Waals surface area contributed by atoms with Crippen LogP contribution in [-0.2, 0) is 0 Å². The van der Waals surface area contributed by atoms with Crippen LogP contribution in [0.3, 0.4) is 0 Å². The second kappa shape index (κ2) is 7.96. The lowest BCUT2D eigenvalue weighted by molar-refractivity contribution is -0.808. The zero-order valence-electron chi connectivity index (χ0n) is 13.7. The van der Waals surface area contributed by atoms with Crippen molar-refractivity contribution in [3.05, 3.63) is 71.8 Å². The number of benzene rings is 2. The zero-order valence-corrected chi connectivity index (χ0v) is 17.4. The SMILES string of the molecule is C[NH+]1CN(C(F)(F)C(F)(Cl)Cl)C(c2ccccc2)=C1c1ccccc1.[I-]. The van der Waals surface area contributed by atoms with E-state index in [0.29, 0.717) is 21.1 Å². The van der Waals surface area contributed by atoms with E-state index in [4.69, 9.17) is 23.2 Å². The first-order valence-corrected chi connectivity index (χ1v) is 8.39. The molecule has 0 saturated carbocycles. The maximum absolute atomic E-state index is 14.7. The molecular formula is C18H16Cl2F3IN2. The Labute approximate surface area is 177 Å². The van der Waals surface area contributed by atoms with E-state index in [2.05, 4.69) is 0 Å². The number of alkyl halides is 5. The van der Waals surface area contributed by atoms with Gasteiger partial charge in [0.2, 0.25) is 0 Å². The van der Waals surface area contributed by atoms with Crippen molar-refractivity contribution in [2.24, 2.45) is 0 Å².